The van der Waals surface area contributed by atoms with Gasteiger partial charge in [0.1, 0.15) is 6.61 Å². The lowest BCUT2D eigenvalue weighted by molar-refractivity contribution is 0.0742. The van der Waals surface area contributed by atoms with E-state index in [1.54, 1.807) is 18.1 Å². The molecule has 6 nitrogen and oxygen atoms in total. The number of aromatic nitrogens is 1. The Hall–Kier alpha value is -1.40. The van der Waals surface area contributed by atoms with E-state index in [9.17, 15) is 9.90 Å². The van der Waals surface area contributed by atoms with Gasteiger partial charge < -0.3 is 19.3 Å². The van der Waals surface area contributed by atoms with E-state index in [-0.39, 0.29) is 17.9 Å². The second-order valence-corrected chi connectivity index (χ2v) is 5.39. The molecular weight excluding hydrogens is 248 g/mol. The summed E-state index contributed by atoms with van der Waals surface area (Å²) < 4.78 is 9.96. The smallest absolute Gasteiger partial charge is 0.276 e. The zero-order valence-electron chi connectivity index (χ0n) is 10.9. The average Bonchev–Trinajstić information content (AvgIpc) is 3.07. The lowest BCUT2D eigenvalue weighted by atomic mass is 10.00. The van der Waals surface area contributed by atoms with Crippen molar-refractivity contribution in [3.05, 3.63) is 17.5 Å². The molecule has 1 N–H and O–H groups in total. The van der Waals surface area contributed by atoms with Gasteiger partial charge in [0.25, 0.3) is 5.91 Å². The fraction of sp³-hybridized carbons (Fsp3) is 0.692. The Bertz CT molecular complexity index is 473. The van der Waals surface area contributed by atoms with Crippen LogP contribution in [0, 0.1) is 11.8 Å². The number of likely N-dealkylation sites (tertiary alicyclic amines) is 1. The van der Waals surface area contributed by atoms with E-state index in [1.807, 2.05) is 0 Å². The van der Waals surface area contributed by atoms with Crippen LogP contribution in [0.5, 0.6) is 0 Å². The van der Waals surface area contributed by atoms with Crippen LogP contribution in [-0.2, 0) is 11.3 Å². The number of hydrogen-bond acceptors (Lipinski definition) is 5. The highest BCUT2D eigenvalue weighted by Crippen LogP contribution is 2.38. The SMILES string of the molecule is COCc1cc(C(=O)N2CC3CCC(O)C3C2)no1. The summed E-state index contributed by atoms with van der Waals surface area (Å²) in [4.78, 5) is 14.1. The number of aliphatic hydroxyl groups is 1. The normalized spacial score (nSPS) is 29.8. The largest absolute Gasteiger partial charge is 0.393 e. The molecule has 0 spiro atoms. The lowest BCUT2D eigenvalue weighted by Gasteiger charge is -2.16. The maximum atomic E-state index is 12.3. The first kappa shape index (κ1) is 12.6. The molecular formula is C13H18N2O4. The van der Waals surface area contributed by atoms with Gasteiger partial charge in [0.05, 0.1) is 6.10 Å². The van der Waals surface area contributed by atoms with Gasteiger partial charge in [0.2, 0.25) is 0 Å². The minimum atomic E-state index is -0.260. The molecule has 2 fully saturated rings. The fourth-order valence-electron chi connectivity index (χ4n) is 3.19. The molecule has 0 aromatic carbocycles. The summed E-state index contributed by atoms with van der Waals surface area (Å²) in [6.07, 6.45) is 1.60. The Kier molecular flexibility index (Phi) is 3.28. The summed E-state index contributed by atoms with van der Waals surface area (Å²) in [5.41, 5.74) is 0.321. The van der Waals surface area contributed by atoms with Gasteiger partial charge in [0.15, 0.2) is 11.5 Å². The van der Waals surface area contributed by atoms with E-state index in [0.717, 1.165) is 12.8 Å². The van der Waals surface area contributed by atoms with Crippen LogP contribution in [0.25, 0.3) is 0 Å². The van der Waals surface area contributed by atoms with Gasteiger partial charge in [-0.3, -0.25) is 4.79 Å². The molecule has 3 unspecified atom stereocenters. The van der Waals surface area contributed by atoms with Crippen LogP contribution < -0.4 is 0 Å². The molecule has 1 aromatic heterocycles. The zero-order valence-corrected chi connectivity index (χ0v) is 10.9. The molecule has 1 amide bonds. The number of carbonyl (C=O) groups excluding carboxylic acids is 1. The molecule has 3 atom stereocenters. The van der Waals surface area contributed by atoms with Crippen molar-refractivity contribution in [1.29, 1.82) is 0 Å². The minimum absolute atomic E-state index is 0.118. The molecule has 1 aliphatic carbocycles. The molecule has 1 aromatic rings. The van der Waals surface area contributed by atoms with Crippen LogP contribution in [-0.4, -0.2) is 47.4 Å². The molecule has 2 heterocycles. The highest BCUT2D eigenvalue weighted by atomic mass is 16.5. The second kappa shape index (κ2) is 4.94. The first-order valence-corrected chi connectivity index (χ1v) is 6.61. The zero-order chi connectivity index (χ0) is 13.4. The van der Waals surface area contributed by atoms with Gasteiger partial charge >= 0.3 is 0 Å². The minimum Gasteiger partial charge on any atom is -0.393 e. The molecule has 1 aliphatic heterocycles. The summed E-state index contributed by atoms with van der Waals surface area (Å²) in [6, 6.07) is 1.62. The van der Waals surface area contributed by atoms with Crippen molar-refractivity contribution >= 4 is 5.91 Å². The predicted molar refractivity (Wildman–Crippen MR) is 65.3 cm³/mol. The molecule has 6 heteroatoms. The van der Waals surface area contributed by atoms with Crippen LogP contribution in [0.2, 0.25) is 0 Å². The Labute approximate surface area is 111 Å². The van der Waals surface area contributed by atoms with Gasteiger partial charge in [-0.25, -0.2) is 0 Å². The van der Waals surface area contributed by atoms with Crippen molar-refractivity contribution in [2.45, 2.75) is 25.6 Å². The molecule has 0 radical (unpaired) electrons. The van der Waals surface area contributed by atoms with E-state index in [1.165, 1.54) is 0 Å². The number of fused-ring (bicyclic) bond motifs is 1. The fourth-order valence-corrected chi connectivity index (χ4v) is 3.19. The van der Waals surface area contributed by atoms with E-state index in [4.69, 9.17) is 9.26 Å². The third-order valence-electron chi connectivity index (χ3n) is 4.17. The standard InChI is InChI=1S/C13H18N2O4/c1-18-7-9-4-11(14-19-9)13(17)15-5-8-2-3-12(16)10(8)6-15/h4,8,10,12,16H,2-3,5-7H2,1H3. The number of rotatable bonds is 3. The molecule has 19 heavy (non-hydrogen) atoms. The van der Waals surface area contributed by atoms with Crippen LogP contribution >= 0.6 is 0 Å². The van der Waals surface area contributed by atoms with Crippen LogP contribution in [0.3, 0.4) is 0 Å². The topological polar surface area (TPSA) is 75.8 Å². The highest BCUT2D eigenvalue weighted by molar-refractivity contribution is 5.92. The molecule has 3 rings (SSSR count). The molecule has 0 bridgehead atoms. The number of hydrogen-bond donors (Lipinski definition) is 1. The van der Waals surface area contributed by atoms with Crippen molar-refractivity contribution in [3.63, 3.8) is 0 Å². The van der Waals surface area contributed by atoms with Gasteiger partial charge in [0, 0.05) is 32.2 Å². The molecule has 1 saturated carbocycles. The molecule has 2 aliphatic rings. The number of amides is 1. The van der Waals surface area contributed by atoms with E-state index in [2.05, 4.69) is 5.16 Å². The first-order chi connectivity index (χ1) is 9.19. The van der Waals surface area contributed by atoms with Crippen LogP contribution in [0.4, 0.5) is 0 Å². The van der Waals surface area contributed by atoms with Crippen molar-refractivity contribution in [2.24, 2.45) is 11.8 Å². The van der Waals surface area contributed by atoms with E-state index < -0.39 is 0 Å². The molecule has 1 saturated heterocycles. The second-order valence-electron chi connectivity index (χ2n) is 5.39. The Morgan fingerprint density at radius 1 is 1.58 bits per heavy atom. The average molecular weight is 266 g/mol. The van der Waals surface area contributed by atoms with Crippen LogP contribution in [0.15, 0.2) is 10.6 Å². The van der Waals surface area contributed by atoms with Crippen LogP contribution in [0.1, 0.15) is 29.1 Å². The van der Waals surface area contributed by atoms with E-state index in [0.29, 0.717) is 37.1 Å². The van der Waals surface area contributed by atoms with Gasteiger partial charge in [-0.15, -0.1) is 0 Å². The summed E-state index contributed by atoms with van der Waals surface area (Å²) in [5.74, 6) is 1.09. The number of carbonyl (C=O) groups is 1. The van der Waals surface area contributed by atoms with Gasteiger partial charge in [-0.1, -0.05) is 5.16 Å². The highest BCUT2D eigenvalue weighted by Gasteiger charge is 2.43. The predicted octanol–water partition coefficient (Wildman–Crippen LogP) is 0.664. The summed E-state index contributed by atoms with van der Waals surface area (Å²) in [7, 11) is 1.56. The maximum absolute atomic E-state index is 12.3. The number of ether oxygens (including phenoxy) is 1. The Morgan fingerprint density at radius 2 is 2.42 bits per heavy atom. The number of nitrogens with zero attached hydrogens (tertiary/aromatic N) is 2. The maximum Gasteiger partial charge on any atom is 0.276 e. The van der Waals surface area contributed by atoms with Crippen molar-refractivity contribution in [3.8, 4) is 0 Å². The van der Waals surface area contributed by atoms with Gasteiger partial charge in [-0.2, -0.15) is 0 Å². The monoisotopic (exact) mass is 266 g/mol. The lowest BCUT2D eigenvalue weighted by Crippen LogP contribution is -2.31. The quantitative estimate of drug-likeness (QED) is 0.870. The third-order valence-corrected chi connectivity index (χ3v) is 4.17. The number of aliphatic hydroxyl groups excluding tert-OH is 1. The first-order valence-electron chi connectivity index (χ1n) is 6.61. The van der Waals surface area contributed by atoms with Crippen molar-refractivity contribution in [2.75, 3.05) is 20.2 Å². The van der Waals surface area contributed by atoms with Crippen molar-refractivity contribution in [1.82, 2.24) is 10.1 Å². The van der Waals surface area contributed by atoms with Gasteiger partial charge in [-0.05, 0) is 18.8 Å². The van der Waals surface area contributed by atoms with E-state index >= 15 is 0 Å². The Balaban J connectivity index is 1.67. The van der Waals surface area contributed by atoms with Crippen molar-refractivity contribution < 1.29 is 19.2 Å². The summed E-state index contributed by atoms with van der Waals surface area (Å²) in [6.45, 7) is 1.65. The third kappa shape index (κ3) is 2.26. The Morgan fingerprint density at radius 3 is 3.16 bits per heavy atom. The number of methoxy groups -OCH3 is 1. The molecule has 104 valence electrons. The summed E-state index contributed by atoms with van der Waals surface area (Å²) in [5, 5.41) is 13.6. The summed E-state index contributed by atoms with van der Waals surface area (Å²) >= 11 is 0.